The smallest absolute Gasteiger partial charge is 0.326 e. The highest BCUT2D eigenvalue weighted by Crippen LogP contribution is 2.11. The topological polar surface area (TPSA) is 148 Å². The van der Waals surface area contributed by atoms with Crippen LogP contribution < -0.4 is 16.8 Å². The average molecular weight is 258 g/mol. The highest BCUT2D eigenvalue weighted by atomic mass is 32.1. The summed E-state index contributed by atoms with van der Waals surface area (Å²) in [5, 5.41) is 12.5. The number of carboxylic acids is 1. The van der Waals surface area contributed by atoms with Gasteiger partial charge in [0.1, 0.15) is 11.7 Å². The molecule has 0 aliphatic heterocycles. The van der Waals surface area contributed by atoms with E-state index in [-0.39, 0.29) is 10.8 Å². The van der Waals surface area contributed by atoms with Crippen LogP contribution in [-0.2, 0) is 9.59 Å². The molecule has 0 radical (unpaired) electrons. The van der Waals surface area contributed by atoms with Crippen molar-refractivity contribution in [1.29, 1.82) is 0 Å². The number of nitrogens with two attached hydrogens (primary N) is 2. The van der Waals surface area contributed by atoms with E-state index in [9.17, 15) is 14.4 Å². The Balaban J connectivity index is 2.70. The molecule has 0 aliphatic rings. The maximum atomic E-state index is 11.5. The Morgan fingerprint density at radius 1 is 1.53 bits per heavy atom. The van der Waals surface area contributed by atoms with E-state index in [1.165, 1.54) is 5.38 Å². The van der Waals surface area contributed by atoms with E-state index in [1.807, 2.05) is 0 Å². The number of anilines is 1. The van der Waals surface area contributed by atoms with Crippen molar-refractivity contribution in [1.82, 2.24) is 10.3 Å². The quantitative estimate of drug-likeness (QED) is 0.520. The maximum absolute atomic E-state index is 11.5. The van der Waals surface area contributed by atoms with Crippen molar-refractivity contribution in [3.05, 3.63) is 11.1 Å². The minimum Gasteiger partial charge on any atom is -0.480 e. The van der Waals surface area contributed by atoms with Crippen LogP contribution in [0.1, 0.15) is 16.9 Å². The molecule has 0 unspecified atom stereocenters. The first kappa shape index (κ1) is 12.9. The fraction of sp³-hybridized carbons (Fsp3) is 0.250. The Morgan fingerprint density at radius 2 is 2.18 bits per heavy atom. The molecule has 1 atom stereocenters. The minimum absolute atomic E-state index is 0.00298. The molecule has 1 rings (SSSR count). The Labute approximate surface area is 99.6 Å². The average Bonchev–Trinajstić information content (AvgIpc) is 2.63. The first-order valence-electron chi connectivity index (χ1n) is 4.43. The van der Waals surface area contributed by atoms with Gasteiger partial charge in [0.25, 0.3) is 5.91 Å². The molecule has 0 saturated heterocycles. The molecule has 1 aromatic heterocycles. The molecule has 1 aromatic rings. The SMILES string of the molecule is NC(=O)C[C@H](NC(=O)c1csc(N)n1)C(=O)O. The molecule has 92 valence electrons. The molecule has 0 spiro atoms. The van der Waals surface area contributed by atoms with Gasteiger partial charge in [-0.05, 0) is 0 Å². The molecule has 17 heavy (non-hydrogen) atoms. The summed E-state index contributed by atoms with van der Waals surface area (Å²) in [5.41, 5.74) is 10.2. The number of hydrogen-bond donors (Lipinski definition) is 4. The molecule has 2 amide bonds. The lowest BCUT2D eigenvalue weighted by atomic mass is 10.2. The second-order valence-electron chi connectivity index (χ2n) is 3.11. The summed E-state index contributed by atoms with van der Waals surface area (Å²) >= 11 is 1.05. The number of amides is 2. The van der Waals surface area contributed by atoms with Gasteiger partial charge in [-0.3, -0.25) is 9.59 Å². The summed E-state index contributed by atoms with van der Waals surface area (Å²) < 4.78 is 0. The lowest BCUT2D eigenvalue weighted by molar-refractivity contribution is -0.140. The normalized spacial score (nSPS) is 11.8. The van der Waals surface area contributed by atoms with Crippen molar-refractivity contribution in [2.24, 2.45) is 5.73 Å². The standard InChI is InChI=1S/C8H10N4O4S/c9-5(13)1-3(7(15)16)11-6(14)4-2-17-8(10)12-4/h2-3H,1H2,(H2,9,13)(H2,10,12)(H,11,14)(H,15,16)/t3-/m0/s1. The van der Waals surface area contributed by atoms with Gasteiger partial charge in [-0.2, -0.15) is 0 Å². The molecule has 0 aliphatic carbocycles. The molecule has 9 heteroatoms. The molecular formula is C8H10N4O4S. The summed E-state index contributed by atoms with van der Waals surface area (Å²) in [5.74, 6) is -2.89. The van der Waals surface area contributed by atoms with Crippen molar-refractivity contribution in [3.63, 3.8) is 0 Å². The van der Waals surface area contributed by atoms with Crippen LogP contribution in [0.25, 0.3) is 0 Å². The third-order valence-electron chi connectivity index (χ3n) is 1.76. The van der Waals surface area contributed by atoms with E-state index < -0.39 is 30.2 Å². The largest absolute Gasteiger partial charge is 0.480 e. The van der Waals surface area contributed by atoms with Gasteiger partial charge in [0, 0.05) is 5.38 Å². The number of rotatable bonds is 5. The van der Waals surface area contributed by atoms with E-state index in [4.69, 9.17) is 16.6 Å². The van der Waals surface area contributed by atoms with E-state index in [1.54, 1.807) is 0 Å². The molecule has 6 N–H and O–H groups in total. The lowest BCUT2D eigenvalue weighted by Crippen LogP contribution is -2.43. The number of aromatic nitrogens is 1. The van der Waals surface area contributed by atoms with Crippen molar-refractivity contribution in [2.75, 3.05) is 5.73 Å². The lowest BCUT2D eigenvalue weighted by Gasteiger charge is -2.11. The molecule has 1 heterocycles. The van der Waals surface area contributed by atoms with Gasteiger partial charge >= 0.3 is 5.97 Å². The van der Waals surface area contributed by atoms with Crippen LogP contribution in [0.4, 0.5) is 5.13 Å². The van der Waals surface area contributed by atoms with Crippen molar-refractivity contribution >= 4 is 34.3 Å². The van der Waals surface area contributed by atoms with Crippen molar-refractivity contribution in [2.45, 2.75) is 12.5 Å². The van der Waals surface area contributed by atoms with Crippen molar-refractivity contribution < 1.29 is 19.5 Å². The van der Waals surface area contributed by atoms with Gasteiger partial charge in [-0.25, -0.2) is 9.78 Å². The van der Waals surface area contributed by atoms with Crippen LogP contribution in [-0.4, -0.2) is 33.9 Å². The van der Waals surface area contributed by atoms with Gasteiger partial charge in [-0.15, -0.1) is 11.3 Å². The van der Waals surface area contributed by atoms with Crippen LogP contribution >= 0.6 is 11.3 Å². The highest BCUT2D eigenvalue weighted by molar-refractivity contribution is 7.13. The molecular weight excluding hydrogens is 248 g/mol. The number of carbonyl (C=O) groups excluding carboxylic acids is 2. The van der Waals surface area contributed by atoms with E-state index in [2.05, 4.69) is 10.3 Å². The van der Waals surface area contributed by atoms with E-state index >= 15 is 0 Å². The highest BCUT2D eigenvalue weighted by Gasteiger charge is 2.23. The zero-order valence-corrected chi connectivity index (χ0v) is 9.36. The fourth-order valence-electron chi connectivity index (χ4n) is 1.03. The number of aliphatic carboxylic acids is 1. The Bertz CT molecular complexity index is 458. The number of nitrogens with one attached hydrogen (secondary N) is 1. The molecule has 0 saturated carbocycles. The number of carboxylic acid groups (broad SMARTS) is 1. The van der Waals surface area contributed by atoms with Crippen LogP contribution in [0.5, 0.6) is 0 Å². The Kier molecular flexibility index (Phi) is 3.99. The monoisotopic (exact) mass is 258 g/mol. The predicted octanol–water partition coefficient (Wildman–Crippen LogP) is -1.22. The van der Waals surface area contributed by atoms with Gasteiger partial charge in [0.2, 0.25) is 5.91 Å². The summed E-state index contributed by atoms with van der Waals surface area (Å²) in [6.07, 6.45) is -0.485. The third kappa shape index (κ3) is 3.72. The maximum Gasteiger partial charge on any atom is 0.326 e. The fourth-order valence-corrected chi connectivity index (χ4v) is 1.57. The number of carbonyl (C=O) groups is 3. The van der Waals surface area contributed by atoms with Crippen molar-refractivity contribution in [3.8, 4) is 0 Å². The number of primary amides is 1. The Morgan fingerprint density at radius 3 is 2.59 bits per heavy atom. The van der Waals surface area contributed by atoms with Gasteiger partial charge in [0.15, 0.2) is 5.13 Å². The number of hydrogen-bond acceptors (Lipinski definition) is 6. The first-order chi connectivity index (χ1) is 7.90. The predicted molar refractivity (Wildman–Crippen MR) is 59.2 cm³/mol. The van der Waals surface area contributed by atoms with Crippen LogP contribution in [0, 0.1) is 0 Å². The third-order valence-corrected chi connectivity index (χ3v) is 2.44. The summed E-state index contributed by atoms with van der Waals surface area (Å²) in [4.78, 5) is 36.5. The van der Waals surface area contributed by atoms with Crippen LogP contribution in [0.3, 0.4) is 0 Å². The Hall–Kier alpha value is -2.16. The summed E-state index contributed by atoms with van der Waals surface area (Å²) in [7, 11) is 0. The van der Waals surface area contributed by atoms with E-state index in [0.717, 1.165) is 11.3 Å². The zero-order valence-electron chi connectivity index (χ0n) is 8.54. The van der Waals surface area contributed by atoms with E-state index in [0.29, 0.717) is 0 Å². The van der Waals surface area contributed by atoms with Crippen LogP contribution in [0.15, 0.2) is 5.38 Å². The summed E-state index contributed by atoms with van der Waals surface area (Å²) in [6, 6.07) is -1.37. The van der Waals surface area contributed by atoms with Gasteiger partial charge in [-0.1, -0.05) is 0 Å². The van der Waals surface area contributed by atoms with Gasteiger partial charge < -0.3 is 21.9 Å². The zero-order chi connectivity index (χ0) is 13.0. The second-order valence-corrected chi connectivity index (χ2v) is 4.00. The molecule has 0 bridgehead atoms. The molecule has 0 aromatic carbocycles. The number of nitrogens with zero attached hydrogens (tertiary/aromatic N) is 1. The molecule has 0 fully saturated rings. The summed E-state index contributed by atoms with van der Waals surface area (Å²) in [6.45, 7) is 0. The molecule has 8 nitrogen and oxygen atoms in total. The second kappa shape index (κ2) is 5.25. The number of thiazole rings is 1. The van der Waals surface area contributed by atoms with Crippen LogP contribution in [0.2, 0.25) is 0 Å². The first-order valence-corrected chi connectivity index (χ1v) is 5.31. The minimum atomic E-state index is -1.37. The van der Waals surface area contributed by atoms with Gasteiger partial charge in [0.05, 0.1) is 6.42 Å². The number of nitrogen functional groups attached to an aromatic ring is 1.